The topological polar surface area (TPSA) is 96.0 Å². The Hall–Kier alpha value is -3.56. The molecule has 0 aromatic heterocycles. The number of methoxy groups -OCH3 is 1. The average molecular weight is 586 g/mol. The lowest BCUT2D eigenvalue weighted by molar-refractivity contribution is -0.139. The highest BCUT2D eigenvalue weighted by Crippen LogP contribution is 2.34. The monoisotopic (exact) mass is 585 g/mol. The van der Waals surface area contributed by atoms with Crippen molar-refractivity contribution in [2.45, 2.75) is 58.1 Å². The van der Waals surface area contributed by atoms with Crippen LogP contribution >= 0.6 is 11.6 Å². The van der Waals surface area contributed by atoms with Crippen LogP contribution in [0.1, 0.15) is 37.5 Å². The van der Waals surface area contributed by atoms with Crippen LogP contribution in [0.3, 0.4) is 0 Å². The quantitative estimate of drug-likeness (QED) is 0.338. The molecule has 3 aromatic carbocycles. The molecule has 3 aromatic rings. The number of sulfonamides is 1. The van der Waals surface area contributed by atoms with Crippen molar-refractivity contribution in [2.24, 2.45) is 0 Å². The molecule has 3 rings (SSSR count). The Morgan fingerprint density at radius 2 is 1.57 bits per heavy atom. The predicted octanol–water partition coefficient (Wildman–Crippen LogP) is 5.10. The molecule has 0 aliphatic heterocycles. The highest BCUT2D eigenvalue weighted by Gasteiger charge is 2.34. The van der Waals surface area contributed by atoms with Crippen molar-refractivity contribution in [1.82, 2.24) is 10.2 Å². The predicted molar refractivity (Wildman–Crippen MR) is 158 cm³/mol. The zero-order chi connectivity index (χ0) is 29.6. The molecule has 214 valence electrons. The van der Waals surface area contributed by atoms with E-state index in [4.69, 9.17) is 16.3 Å². The zero-order valence-corrected chi connectivity index (χ0v) is 25.2. The lowest BCUT2D eigenvalue weighted by Gasteiger charge is -2.33. The number of benzene rings is 3. The molecule has 1 atom stereocenters. The second-order valence-electron chi connectivity index (χ2n) is 9.95. The number of aryl methyl sites for hydroxylation is 2. The first-order valence-corrected chi connectivity index (χ1v) is 14.7. The number of halogens is 1. The lowest BCUT2D eigenvalue weighted by atomic mass is 10.1. The van der Waals surface area contributed by atoms with Gasteiger partial charge >= 0.3 is 0 Å². The third-order valence-electron chi connectivity index (χ3n) is 6.39. The van der Waals surface area contributed by atoms with Gasteiger partial charge in [0.1, 0.15) is 18.3 Å². The summed E-state index contributed by atoms with van der Waals surface area (Å²) >= 11 is 6.40. The maximum absolute atomic E-state index is 14.0. The van der Waals surface area contributed by atoms with E-state index in [-0.39, 0.29) is 34.8 Å². The SMILES string of the molecule is COc1ccc(C)cc1N(CC(=O)N(Cc1ccccc1Cl)[C@H](C)C(=O)NC(C)C)S(=O)(=O)c1ccc(C)cc1. The molecule has 1 N–H and O–H groups in total. The fourth-order valence-electron chi connectivity index (χ4n) is 4.14. The van der Waals surface area contributed by atoms with Crippen LogP contribution in [0.4, 0.5) is 5.69 Å². The molecule has 0 aliphatic carbocycles. The van der Waals surface area contributed by atoms with Gasteiger partial charge in [-0.25, -0.2) is 8.42 Å². The highest BCUT2D eigenvalue weighted by molar-refractivity contribution is 7.92. The fraction of sp³-hybridized carbons (Fsp3) is 0.333. The van der Waals surface area contributed by atoms with Crippen molar-refractivity contribution in [3.05, 3.63) is 88.4 Å². The van der Waals surface area contributed by atoms with Crippen LogP contribution < -0.4 is 14.4 Å². The molecule has 8 nitrogen and oxygen atoms in total. The van der Waals surface area contributed by atoms with Crippen LogP contribution in [0.25, 0.3) is 0 Å². The summed E-state index contributed by atoms with van der Waals surface area (Å²) in [7, 11) is -2.78. The molecule has 0 bridgehead atoms. The van der Waals surface area contributed by atoms with Crippen molar-refractivity contribution in [3.63, 3.8) is 0 Å². The Bertz CT molecular complexity index is 1460. The zero-order valence-electron chi connectivity index (χ0n) is 23.6. The fourth-order valence-corrected chi connectivity index (χ4v) is 5.76. The minimum Gasteiger partial charge on any atom is -0.495 e. The van der Waals surface area contributed by atoms with Crippen LogP contribution in [-0.4, -0.2) is 50.9 Å². The van der Waals surface area contributed by atoms with Gasteiger partial charge in [-0.1, -0.05) is 53.6 Å². The van der Waals surface area contributed by atoms with Gasteiger partial charge in [-0.3, -0.25) is 13.9 Å². The summed E-state index contributed by atoms with van der Waals surface area (Å²) in [6.45, 7) is 8.38. The van der Waals surface area contributed by atoms with Gasteiger partial charge in [-0.15, -0.1) is 0 Å². The number of nitrogens with zero attached hydrogens (tertiary/aromatic N) is 2. The molecule has 0 heterocycles. The standard InChI is InChI=1S/C30H36ClN3O5S/c1-20(2)32-30(36)23(5)33(18-24-9-7-8-10-26(24)31)29(35)19-34(27-17-22(4)13-16-28(27)39-6)40(37,38)25-14-11-21(3)12-15-25/h7-17,20,23H,18-19H2,1-6H3,(H,32,36)/t23-/m1/s1. The normalized spacial score (nSPS) is 12.1. The number of anilines is 1. The number of nitrogens with one attached hydrogen (secondary N) is 1. The Morgan fingerprint density at radius 3 is 2.17 bits per heavy atom. The summed E-state index contributed by atoms with van der Waals surface area (Å²) in [5.74, 6) is -0.653. The summed E-state index contributed by atoms with van der Waals surface area (Å²) in [4.78, 5) is 28.5. The van der Waals surface area contributed by atoms with Gasteiger partial charge < -0.3 is 15.0 Å². The lowest BCUT2D eigenvalue weighted by Crippen LogP contribution is -2.52. The third-order valence-corrected chi connectivity index (χ3v) is 8.53. The van der Waals surface area contributed by atoms with Gasteiger partial charge in [0.25, 0.3) is 10.0 Å². The van der Waals surface area contributed by atoms with Crippen molar-refractivity contribution >= 4 is 39.1 Å². The molecule has 0 fully saturated rings. The second-order valence-corrected chi connectivity index (χ2v) is 12.2. The smallest absolute Gasteiger partial charge is 0.264 e. The van der Waals surface area contributed by atoms with Crippen LogP contribution in [0, 0.1) is 13.8 Å². The van der Waals surface area contributed by atoms with Crippen LogP contribution in [0.5, 0.6) is 5.75 Å². The minimum absolute atomic E-state index is 0.00849. The van der Waals surface area contributed by atoms with Gasteiger partial charge in [0.15, 0.2) is 0 Å². The molecule has 0 unspecified atom stereocenters. The summed E-state index contributed by atoms with van der Waals surface area (Å²) in [6.07, 6.45) is 0. The van der Waals surface area contributed by atoms with Crippen LogP contribution in [-0.2, 0) is 26.2 Å². The molecule has 40 heavy (non-hydrogen) atoms. The molecule has 0 saturated carbocycles. The van der Waals surface area contributed by atoms with E-state index in [1.165, 1.54) is 24.1 Å². The summed E-state index contributed by atoms with van der Waals surface area (Å²) in [5.41, 5.74) is 2.52. The van der Waals surface area contributed by atoms with Crippen LogP contribution in [0.15, 0.2) is 71.6 Å². The third kappa shape index (κ3) is 7.34. The number of carbonyl (C=O) groups is 2. The van der Waals surface area contributed by atoms with Gasteiger partial charge in [-0.05, 0) is 76.1 Å². The van der Waals surface area contributed by atoms with E-state index in [0.717, 1.165) is 15.4 Å². The van der Waals surface area contributed by atoms with Crippen molar-refractivity contribution < 1.29 is 22.7 Å². The Balaban J connectivity index is 2.12. The highest BCUT2D eigenvalue weighted by atomic mass is 35.5. The second kappa shape index (κ2) is 13.2. The number of carbonyl (C=O) groups excluding carboxylic acids is 2. The number of rotatable bonds is 11. The average Bonchev–Trinajstić information content (AvgIpc) is 2.90. The molecule has 0 aliphatic rings. The Kier molecular flexibility index (Phi) is 10.2. The van der Waals surface area contributed by atoms with Gasteiger partial charge in [0, 0.05) is 17.6 Å². The Morgan fingerprint density at radius 1 is 0.950 bits per heavy atom. The summed E-state index contributed by atoms with van der Waals surface area (Å²) < 4.78 is 34.6. The summed E-state index contributed by atoms with van der Waals surface area (Å²) in [6, 6.07) is 17.5. The Labute approximate surface area is 241 Å². The molecule has 0 saturated heterocycles. The van der Waals surface area contributed by atoms with Crippen molar-refractivity contribution in [2.75, 3.05) is 18.0 Å². The van der Waals surface area contributed by atoms with Gasteiger partial charge in [0.2, 0.25) is 11.8 Å². The summed E-state index contributed by atoms with van der Waals surface area (Å²) in [5, 5.41) is 3.26. The molecule has 0 radical (unpaired) electrons. The largest absolute Gasteiger partial charge is 0.495 e. The number of hydrogen-bond donors (Lipinski definition) is 1. The van der Waals surface area contributed by atoms with E-state index >= 15 is 0 Å². The number of ether oxygens (including phenoxy) is 1. The minimum atomic E-state index is -4.22. The number of hydrogen-bond acceptors (Lipinski definition) is 5. The maximum atomic E-state index is 14.0. The van der Waals surface area contributed by atoms with E-state index in [9.17, 15) is 18.0 Å². The molecular formula is C30H36ClN3O5S. The molecule has 0 spiro atoms. The van der Waals surface area contributed by atoms with Crippen molar-refractivity contribution in [1.29, 1.82) is 0 Å². The molecule has 10 heteroatoms. The van der Waals surface area contributed by atoms with E-state index in [2.05, 4.69) is 5.32 Å². The van der Waals surface area contributed by atoms with Gasteiger partial charge in [-0.2, -0.15) is 0 Å². The van der Waals surface area contributed by atoms with E-state index in [0.29, 0.717) is 10.6 Å². The van der Waals surface area contributed by atoms with E-state index in [1.807, 2.05) is 27.7 Å². The molecule has 2 amide bonds. The first-order valence-electron chi connectivity index (χ1n) is 12.9. The van der Waals surface area contributed by atoms with Crippen LogP contribution in [0.2, 0.25) is 5.02 Å². The van der Waals surface area contributed by atoms with Crippen molar-refractivity contribution in [3.8, 4) is 5.75 Å². The molecular weight excluding hydrogens is 550 g/mol. The van der Waals surface area contributed by atoms with Gasteiger partial charge in [0.05, 0.1) is 17.7 Å². The maximum Gasteiger partial charge on any atom is 0.264 e. The first kappa shape index (κ1) is 31.0. The first-order chi connectivity index (χ1) is 18.8. The van der Waals surface area contributed by atoms with E-state index < -0.39 is 28.5 Å². The van der Waals surface area contributed by atoms with E-state index in [1.54, 1.807) is 61.5 Å². The number of amides is 2.